The van der Waals surface area contributed by atoms with E-state index in [1.165, 1.54) is 11.1 Å². The SMILES string of the molecule is CCCC(c1ccc(C)cc1)N1CCN(C(=O)CC2CCN(C(N)=O)CC2)[C@@H](C(C)(C)C)C1. The topological polar surface area (TPSA) is 69.9 Å². The summed E-state index contributed by atoms with van der Waals surface area (Å²) in [6, 6.07) is 9.21. The van der Waals surface area contributed by atoms with E-state index >= 15 is 0 Å². The van der Waals surface area contributed by atoms with Gasteiger partial charge in [-0.15, -0.1) is 0 Å². The molecule has 1 unspecified atom stereocenters. The number of amides is 3. The molecule has 2 aliphatic heterocycles. The van der Waals surface area contributed by atoms with Crippen LogP contribution in [0, 0.1) is 18.3 Å². The Morgan fingerprint density at radius 3 is 2.24 bits per heavy atom. The Labute approximate surface area is 200 Å². The lowest BCUT2D eigenvalue weighted by atomic mass is 9.82. The van der Waals surface area contributed by atoms with Crippen LogP contribution in [0.5, 0.6) is 0 Å². The second-order valence-electron chi connectivity index (χ2n) is 11.2. The molecule has 33 heavy (non-hydrogen) atoms. The van der Waals surface area contributed by atoms with Gasteiger partial charge < -0.3 is 15.5 Å². The van der Waals surface area contributed by atoms with Gasteiger partial charge in [-0.05, 0) is 43.1 Å². The quantitative estimate of drug-likeness (QED) is 0.681. The van der Waals surface area contributed by atoms with Gasteiger partial charge in [-0.25, -0.2) is 4.79 Å². The summed E-state index contributed by atoms with van der Waals surface area (Å²) in [5, 5.41) is 0. The number of aryl methyl sites for hydroxylation is 1. The van der Waals surface area contributed by atoms with Crippen molar-refractivity contribution < 1.29 is 9.59 Å². The highest BCUT2D eigenvalue weighted by Crippen LogP contribution is 2.35. The lowest BCUT2D eigenvalue weighted by Gasteiger charge is -2.50. The number of carbonyl (C=O) groups excluding carboxylic acids is 2. The summed E-state index contributed by atoms with van der Waals surface area (Å²) in [6.07, 6.45) is 4.57. The fraction of sp³-hybridized carbons (Fsp3) is 0.704. The molecule has 184 valence electrons. The third kappa shape index (κ3) is 6.50. The van der Waals surface area contributed by atoms with Crippen LogP contribution >= 0.6 is 0 Å². The lowest BCUT2D eigenvalue weighted by molar-refractivity contribution is -0.141. The van der Waals surface area contributed by atoms with Crippen molar-refractivity contribution in [1.29, 1.82) is 0 Å². The number of rotatable bonds is 6. The van der Waals surface area contributed by atoms with Crippen molar-refractivity contribution in [2.24, 2.45) is 17.1 Å². The number of carbonyl (C=O) groups is 2. The lowest BCUT2D eigenvalue weighted by Crippen LogP contribution is -2.60. The summed E-state index contributed by atoms with van der Waals surface area (Å²) in [6.45, 7) is 15.1. The highest BCUT2D eigenvalue weighted by molar-refractivity contribution is 5.77. The van der Waals surface area contributed by atoms with Crippen LogP contribution in [-0.2, 0) is 4.79 Å². The van der Waals surface area contributed by atoms with Gasteiger partial charge in [0.2, 0.25) is 5.91 Å². The van der Waals surface area contributed by atoms with Gasteiger partial charge in [0.05, 0.1) is 0 Å². The van der Waals surface area contributed by atoms with Crippen LogP contribution in [0.4, 0.5) is 4.79 Å². The second kappa shape index (κ2) is 10.9. The minimum atomic E-state index is -0.348. The molecule has 2 atom stereocenters. The van der Waals surface area contributed by atoms with Crippen LogP contribution in [0.1, 0.15) is 77.0 Å². The van der Waals surface area contributed by atoms with Crippen LogP contribution < -0.4 is 5.73 Å². The number of nitrogens with two attached hydrogens (primary N) is 1. The number of primary amides is 1. The smallest absolute Gasteiger partial charge is 0.314 e. The van der Waals surface area contributed by atoms with Gasteiger partial charge in [-0.1, -0.05) is 63.9 Å². The van der Waals surface area contributed by atoms with E-state index in [4.69, 9.17) is 5.73 Å². The molecule has 0 bridgehead atoms. The largest absolute Gasteiger partial charge is 0.351 e. The van der Waals surface area contributed by atoms with Crippen molar-refractivity contribution in [3.63, 3.8) is 0 Å². The van der Waals surface area contributed by atoms with Crippen LogP contribution in [-0.4, -0.2) is 65.4 Å². The predicted molar refractivity (Wildman–Crippen MR) is 134 cm³/mol. The molecule has 2 N–H and O–H groups in total. The van der Waals surface area contributed by atoms with Crippen LogP contribution in [0.15, 0.2) is 24.3 Å². The van der Waals surface area contributed by atoms with E-state index in [-0.39, 0.29) is 23.4 Å². The summed E-state index contributed by atoms with van der Waals surface area (Å²) in [5.41, 5.74) is 8.10. The fourth-order valence-corrected chi connectivity index (χ4v) is 5.47. The number of nitrogens with zero attached hydrogens (tertiary/aromatic N) is 3. The van der Waals surface area contributed by atoms with Gasteiger partial charge in [0.1, 0.15) is 0 Å². The van der Waals surface area contributed by atoms with Gasteiger partial charge >= 0.3 is 6.03 Å². The fourth-order valence-electron chi connectivity index (χ4n) is 5.47. The van der Waals surface area contributed by atoms with Gasteiger partial charge in [-0.2, -0.15) is 0 Å². The molecule has 3 amide bonds. The monoisotopic (exact) mass is 456 g/mol. The normalized spacial score (nSPS) is 21.8. The Morgan fingerprint density at radius 1 is 1.06 bits per heavy atom. The van der Waals surface area contributed by atoms with Gasteiger partial charge in [0.25, 0.3) is 0 Å². The third-order valence-corrected chi connectivity index (χ3v) is 7.59. The molecular formula is C27H44N4O2. The second-order valence-corrected chi connectivity index (χ2v) is 11.2. The average molecular weight is 457 g/mol. The maximum atomic E-state index is 13.5. The van der Waals surface area contributed by atoms with Crippen molar-refractivity contribution in [2.75, 3.05) is 32.7 Å². The van der Waals surface area contributed by atoms with E-state index in [1.807, 2.05) is 0 Å². The number of urea groups is 1. The molecule has 2 heterocycles. The van der Waals surface area contributed by atoms with E-state index in [0.29, 0.717) is 31.5 Å². The van der Waals surface area contributed by atoms with Crippen molar-refractivity contribution in [3.8, 4) is 0 Å². The third-order valence-electron chi connectivity index (χ3n) is 7.59. The van der Waals surface area contributed by atoms with Crippen molar-refractivity contribution in [2.45, 2.75) is 78.8 Å². The van der Waals surface area contributed by atoms with Crippen molar-refractivity contribution >= 4 is 11.9 Å². The van der Waals surface area contributed by atoms with Crippen LogP contribution in [0.3, 0.4) is 0 Å². The molecule has 0 aliphatic carbocycles. The number of hydrogen-bond acceptors (Lipinski definition) is 3. The number of likely N-dealkylation sites (tertiary alicyclic amines) is 1. The van der Waals surface area contributed by atoms with Crippen LogP contribution in [0.2, 0.25) is 0 Å². The molecule has 3 rings (SSSR count). The van der Waals surface area contributed by atoms with Crippen molar-refractivity contribution in [3.05, 3.63) is 35.4 Å². The zero-order chi connectivity index (χ0) is 24.2. The molecule has 0 saturated carbocycles. The molecule has 1 aromatic carbocycles. The predicted octanol–water partition coefficient (Wildman–Crippen LogP) is 4.58. The number of hydrogen-bond donors (Lipinski definition) is 1. The average Bonchev–Trinajstić information content (AvgIpc) is 2.77. The first-order valence-corrected chi connectivity index (χ1v) is 12.7. The van der Waals surface area contributed by atoms with Gasteiger partial charge in [-0.3, -0.25) is 9.69 Å². The van der Waals surface area contributed by atoms with Crippen molar-refractivity contribution in [1.82, 2.24) is 14.7 Å². The van der Waals surface area contributed by atoms with E-state index in [1.54, 1.807) is 4.90 Å². The Balaban J connectivity index is 1.69. The molecule has 1 aromatic rings. The first-order chi connectivity index (χ1) is 15.6. The first kappa shape index (κ1) is 25.5. The van der Waals surface area contributed by atoms with E-state index in [0.717, 1.165) is 45.3 Å². The Bertz CT molecular complexity index is 793. The van der Waals surface area contributed by atoms with Gasteiger partial charge in [0, 0.05) is 51.2 Å². The molecule has 2 aliphatic rings. The van der Waals surface area contributed by atoms with E-state index < -0.39 is 0 Å². The zero-order valence-corrected chi connectivity index (χ0v) is 21.3. The summed E-state index contributed by atoms with van der Waals surface area (Å²) in [5.74, 6) is 0.613. The summed E-state index contributed by atoms with van der Waals surface area (Å²) in [7, 11) is 0. The number of piperazine rings is 1. The zero-order valence-electron chi connectivity index (χ0n) is 21.3. The summed E-state index contributed by atoms with van der Waals surface area (Å²) >= 11 is 0. The molecule has 6 nitrogen and oxygen atoms in total. The Hall–Kier alpha value is -2.08. The molecule has 0 aromatic heterocycles. The molecule has 2 fully saturated rings. The molecular weight excluding hydrogens is 412 g/mol. The standard InChI is InChI=1S/C27H44N4O2/c1-6-7-23(22-10-8-20(2)9-11-22)30-16-17-31(24(19-30)27(3,4)5)25(32)18-21-12-14-29(15-13-21)26(28)33/h8-11,21,23-24H,6-7,12-19H2,1-5H3,(H2,28,33)/t23?,24-/m1/s1. The summed E-state index contributed by atoms with van der Waals surface area (Å²) in [4.78, 5) is 31.3. The Kier molecular flexibility index (Phi) is 8.43. The minimum absolute atomic E-state index is 0.00764. The highest BCUT2D eigenvalue weighted by Gasteiger charge is 2.40. The maximum absolute atomic E-state index is 13.5. The highest BCUT2D eigenvalue weighted by atomic mass is 16.2. The van der Waals surface area contributed by atoms with Gasteiger partial charge in [0.15, 0.2) is 0 Å². The Morgan fingerprint density at radius 2 is 1.70 bits per heavy atom. The number of piperidine rings is 1. The van der Waals surface area contributed by atoms with Crippen LogP contribution in [0.25, 0.3) is 0 Å². The minimum Gasteiger partial charge on any atom is -0.351 e. The molecule has 2 saturated heterocycles. The first-order valence-electron chi connectivity index (χ1n) is 12.7. The molecule has 6 heteroatoms. The molecule has 0 spiro atoms. The van der Waals surface area contributed by atoms with E-state index in [2.05, 4.69) is 68.7 Å². The molecule has 0 radical (unpaired) electrons. The summed E-state index contributed by atoms with van der Waals surface area (Å²) < 4.78 is 0. The maximum Gasteiger partial charge on any atom is 0.314 e. The van der Waals surface area contributed by atoms with E-state index in [9.17, 15) is 9.59 Å². The number of benzene rings is 1.